The Morgan fingerprint density at radius 3 is 2.40 bits per heavy atom. The minimum Gasteiger partial charge on any atom is -0.363 e. The Bertz CT molecular complexity index is 188. The van der Waals surface area contributed by atoms with E-state index in [1.165, 1.54) is 0 Å². The van der Waals surface area contributed by atoms with Crippen LogP contribution in [0.2, 0.25) is 0 Å². The first-order chi connectivity index (χ1) is 4.84. The van der Waals surface area contributed by atoms with Gasteiger partial charge in [0.05, 0.1) is 0 Å². The summed E-state index contributed by atoms with van der Waals surface area (Å²) in [6.07, 6.45) is -1.01. The van der Waals surface area contributed by atoms with Crippen LogP contribution in [0.3, 0.4) is 0 Å². The Hall–Kier alpha value is -0.900. The van der Waals surface area contributed by atoms with Gasteiger partial charge in [-0.2, -0.15) is 0 Å². The van der Waals surface area contributed by atoms with Crippen LogP contribution in [0, 0.1) is 0 Å². The average Bonchev–Trinajstić information content (AvgIpc) is 2.05. The molecule has 0 aliphatic rings. The Morgan fingerprint density at radius 2 is 1.90 bits per heavy atom. The molecule has 0 aromatic heterocycles. The van der Waals surface area contributed by atoms with E-state index in [1.807, 2.05) is 6.07 Å². The molecule has 1 atom stereocenters. The predicted octanol–water partition coefficient (Wildman–Crippen LogP) is 0.568. The van der Waals surface area contributed by atoms with Crippen LogP contribution in [0.15, 0.2) is 30.3 Å². The first-order valence-electron chi connectivity index (χ1n) is 2.93. The maximum atomic E-state index is 8.98. The Labute approximate surface area is 59.0 Å². The van der Waals surface area contributed by atoms with Gasteiger partial charge >= 0.3 is 0 Å². The van der Waals surface area contributed by atoms with Gasteiger partial charge < -0.3 is 5.11 Å². The van der Waals surface area contributed by atoms with Crippen LogP contribution in [-0.2, 0) is 4.84 Å². The normalized spacial score (nSPS) is 13.0. The van der Waals surface area contributed by atoms with E-state index < -0.39 is 6.29 Å². The molecular formula is C7H9NO2. The van der Waals surface area contributed by atoms with Crippen molar-refractivity contribution >= 4 is 0 Å². The monoisotopic (exact) mass is 139 g/mol. The number of benzene rings is 1. The molecule has 0 spiro atoms. The molecule has 0 saturated heterocycles. The lowest BCUT2D eigenvalue weighted by molar-refractivity contribution is -0.105. The van der Waals surface area contributed by atoms with Crippen LogP contribution in [-0.4, -0.2) is 5.11 Å². The second kappa shape index (κ2) is 3.31. The van der Waals surface area contributed by atoms with E-state index in [0.717, 1.165) is 0 Å². The van der Waals surface area contributed by atoms with Crippen molar-refractivity contribution in [1.29, 1.82) is 0 Å². The fraction of sp³-hybridized carbons (Fsp3) is 0.143. The molecule has 0 aliphatic heterocycles. The van der Waals surface area contributed by atoms with E-state index >= 15 is 0 Å². The summed E-state index contributed by atoms with van der Waals surface area (Å²) in [5.74, 6) is 4.75. The molecular weight excluding hydrogens is 130 g/mol. The largest absolute Gasteiger partial charge is 0.363 e. The fourth-order valence-electron chi connectivity index (χ4n) is 0.696. The summed E-state index contributed by atoms with van der Waals surface area (Å²) in [4.78, 5) is 4.19. The second-order valence-corrected chi connectivity index (χ2v) is 1.90. The number of rotatable bonds is 2. The van der Waals surface area contributed by atoms with Gasteiger partial charge in [0.25, 0.3) is 0 Å². The van der Waals surface area contributed by atoms with E-state index in [4.69, 9.17) is 11.0 Å². The van der Waals surface area contributed by atoms with Crippen molar-refractivity contribution in [1.82, 2.24) is 0 Å². The Morgan fingerprint density at radius 1 is 1.30 bits per heavy atom. The van der Waals surface area contributed by atoms with E-state index in [0.29, 0.717) is 5.56 Å². The predicted molar refractivity (Wildman–Crippen MR) is 36.7 cm³/mol. The number of hydrogen-bond acceptors (Lipinski definition) is 3. The Kier molecular flexibility index (Phi) is 2.39. The van der Waals surface area contributed by atoms with Crippen LogP contribution in [0.25, 0.3) is 0 Å². The van der Waals surface area contributed by atoms with Crippen molar-refractivity contribution in [3.63, 3.8) is 0 Å². The van der Waals surface area contributed by atoms with Crippen molar-refractivity contribution in [2.75, 3.05) is 0 Å². The highest BCUT2D eigenvalue weighted by Crippen LogP contribution is 2.09. The second-order valence-electron chi connectivity index (χ2n) is 1.90. The van der Waals surface area contributed by atoms with Crippen LogP contribution >= 0.6 is 0 Å². The molecule has 0 bridgehead atoms. The zero-order valence-corrected chi connectivity index (χ0v) is 5.40. The van der Waals surface area contributed by atoms with Gasteiger partial charge in [-0.3, -0.25) is 4.84 Å². The van der Waals surface area contributed by atoms with E-state index in [-0.39, 0.29) is 0 Å². The van der Waals surface area contributed by atoms with Crippen molar-refractivity contribution < 1.29 is 9.94 Å². The van der Waals surface area contributed by atoms with Crippen LogP contribution < -0.4 is 5.90 Å². The van der Waals surface area contributed by atoms with Gasteiger partial charge in [-0.15, -0.1) is 0 Å². The highest BCUT2D eigenvalue weighted by atomic mass is 16.7. The van der Waals surface area contributed by atoms with Crippen molar-refractivity contribution in [3.05, 3.63) is 35.9 Å². The molecule has 0 radical (unpaired) electrons. The summed E-state index contributed by atoms with van der Waals surface area (Å²) in [6.45, 7) is 0. The van der Waals surface area contributed by atoms with Crippen LogP contribution in [0.4, 0.5) is 0 Å². The molecule has 1 aromatic rings. The molecule has 0 amide bonds. The Balaban J connectivity index is 2.75. The standard InChI is InChI=1S/C7H9NO2/c8-10-7(9)6-4-2-1-3-5-6/h1-5,7,9H,8H2. The summed E-state index contributed by atoms with van der Waals surface area (Å²) < 4.78 is 0. The van der Waals surface area contributed by atoms with Crippen LogP contribution in [0.5, 0.6) is 0 Å². The van der Waals surface area contributed by atoms with E-state index in [2.05, 4.69) is 4.84 Å². The lowest BCUT2D eigenvalue weighted by Crippen LogP contribution is -2.07. The lowest BCUT2D eigenvalue weighted by atomic mass is 10.2. The summed E-state index contributed by atoms with van der Waals surface area (Å²) in [7, 11) is 0. The molecule has 3 N–H and O–H groups in total. The molecule has 1 aromatic carbocycles. The SMILES string of the molecule is NOC(O)c1ccccc1. The summed E-state index contributed by atoms with van der Waals surface area (Å²) in [5, 5.41) is 8.98. The van der Waals surface area contributed by atoms with Gasteiger partial charge in [0.1, 0.15) is 0 Å². The third kappa shape index (κ3) is 1.54. The third-order valence-electron chi connectivity index (χ3n) is 1.21. The van der Waals surface area contributed by atoms with Crippen molar-refractivity contribution in [2.45, 2.75) is 6.29 Å². The highest BCUT2D eigenvalue weighted by molar-refractivity contribution is 5.15. The number of aliphatic hydroxyl groups is 1. The minimum absolute atomic E-state index is 0.657. The average molecular weight is 139 g/mol. The van der Waals surface area contributed by atoms with Gasteiger partial charge in [0, 0.05) is 5.56 Å². The molecule has 0 aliphatic carbocycles. The molecule has 0 saturated carbocycles. The molecule has 1 unspecified atom stereocenters. The summed E-state index contributed by atoms with van der Waals surface area (Å²) in [5.41, 5.74) is 0.657. The van der Waals surface area contributed by atoms with E-state index in [1.54, 1.807) is 24.3 Å². The number of hydrogen-bond donors (Lipinski definition) is 2. The first-order valence-corrected chi connectivity index (χ1v) is 2.93. The number of aliphatic hydroxyl groups excluding tert-OH is 1. The third-order valence-corrected chi connectivity index (χ3v) is 1.21. The topological polar surface area (TPSA) is 55.5 Å². The molecule has 3 heteroatoms. The van der Waals surface area contributed by atoms with Gasteiger partial charge in [0.2, 0.25) is 0 Å². The quantitative estimate of drug-likeness (QED) is 0.465. The smallest absolute Gasteiger partial charge is 0.200 e. The summed E-state index contributed by atoms with van der Waals surface area (Å²) >= 11 is 0. The molecule has 3 nitrogen and oxygen atoms in total. The van der Waals surface area contributed by atoms with Gasteiger partial charge in [-0.05, 0) is 0 Å². The molecule has 54 valence electrons. The van der Waals surface area contributed by atoms with Gasteiger partial charge in [-0.25, -0.2) is 5.90 Å². The molecule has 1 rings (SSSR count). The van der Waals surface area contributed by atoms with Gasteiger partial charge in [-0.1, -0.05) is 30.3 Å². The number of nitrogens with two attached hydrogens (primary N) is 1. The van der Waals surface area contributed by atoms with Crippen LogP contribution in [0.1, 0.15) is 11.9 Å². The molecule has 0 fully saturated rings. The van der Waals surface area contributed by atoms with Crippen molar-refractivity contribution in [2.24, 2.45) is 5.90 Å². The molecule has 10 heavy (non-hydrogen) atoms. The minimum atomic E-state index is -1.01. The fourth-order valence-corrected chi connectivity index (χ4v) is 0.696. The maximum Gasteiger partial charge on any atom is 0.200 e. The van der Waals surface area contributed by atoms with E-state index in [9.17, 15) is 0 Å². The zero-order valence-electron chi connectivity index (χ0n) is 5.40. The first kappa shape index (κ1) is 7.21. The summed E-state index contributed by atoms with van der Waals surface area (Å²) in [6, 6.07) is 8.93. The maximum absolute atomic E-state index is 8.98. The zero-order chi connectivity index (χ0) is 7.40. The molecule has 0 heterocycles. The highest BCUT2D eigenvalue weighted by Gasteiger charge is 2.02. The van der Waals surface area contributed by atoms with Crippen molar-refractivity contribution in [3.8, 4) is 0 Å². The lowest BCUT2D eigenvalue weighted by Gasteiger charge is -2.05. The van der Waals surface area contributed by atoms with Gasteiger partial charge in [0.15, 0.2) is 6.29 Å².